The monoisotopic (exact) mass is 328 g/mol. The molecule has 0 radical (unpaired) electrons. The normalized spacial score (nSPS) is 14.0. The Bertz CT molecular complexity index is 607. The van der Waals surface area contributed by atoms with Crippen molar-refractivity contribution in [3.8, 4) is 0 Å². The summed E-state index contributed by atoms with van der Waals surface area (Å²) in [4.78, 5) is 25.6. The van der Waals surface area contributed by atoms with Crippen LogP contribution in [0.2, 0.25) is 0 Å². The number of rotatable bonds is 7. The zero-order chi connectivity index (χ0) is 17.4. The van der Waals surface area contributed by atoms with Crippen molar-refractivity contribution in [2.75, 3.05) is 13.1 Å². The fraction of sp³-hybridized carbons (Fsp3) is 0.500. The van der Waals surface area contributed by atoms with E-state index in [1.807, 2.05) is 31.2 Å². The number of nitrogens with zero attached hydrogens (tertiary/aromatic N) is 1. The first-order chi connectivity index (χ1) is 11.6. The summed E-state index contributed by atoms with van der Waals surface area (Å²) in [6.07, 6.45) is 8.08. The Labute approximate surface area is 144 Å². The minimum atomic E-state index is -0.0878. The third-order valence-corrected chi connectivity index (χ3v) is 4.56. The van der Waals surface area contributed by atoms with E-state index in [1.54, 1.807) is 4.90 Å². The lowest BCUT2D eigenvalue weighted by atomic mass is 9.97. The molecule has 1 aliphatic carbocycles. The van der Waals surface area contributed by atoms with Gasteiger partial charge in [-0.3, -0.25) is 9.59 Å². The van der Waals surface area contributed by atoms with E-state index in [-0.39, 0.29) is 18.4 Å². The summed E-state index contributed by atoms with van der Waals surface area (Å²) < 4.78 is 0. The molecule has 1 N–H and O–H groups in total. The van der Waals surface area contributed by atoms with Crippen molar-refractivity contribution in [1.29, 1.82) is 0 Å². The van der Waals surface area contributed by atoms with Crippen LogP contribution in [-0.4, -0.2) is 29.8 Å². The molecule has 2 rings (SSSR count). The Morgan fingerprint density at radius 3 is 2.67 bits per heavy atom. The van der Waals surface area contributed by atoms with Crippen LogP contribution in [0.25, 0.3) is 0 Å². The van der Waals surface area contributed by atoms with Gasteiger partial charge < -0.3 is 10.2 Å². The predicted octanol–water partition coefficient (Wildman–Crippen LogP) is 3.35. The van der Waals surface area contributed by atoms with Crippen molar-refractivity contribution in [2.24, 2.45) is 0 Å². The highest BCUT2D eigenvalue weighted by atomic mass is 16.2. The molecule has 0 aliphatic heterocycles. The second-order valence-electron chi connectivity index (χ2n) is 6.51. The summed E-state index contributed by atoms with van der Waals surface area (Å²) in [5.41, 5.74) is 3.66. The highest BCUT2D eigenvalue weighted by Gasteiger charge is 2.15. The first-order valence-electron chi connectivity index (χ1n) is 8.81. The highest BCUT2D eigenvalue weighted by Crippen LogP contribution is 2.19. The maximum Gasteiger partial charge on any atom is 0.239 e. The number of carbonyl (C=O) groups excluding carboxylic acids is 2. The van der Waals surface area contributed by atoms with Gasteiger partial charge in [0.15, 0.2) is 0 Å². The van der Waals surface area contributed by atoms with E-state index in [4.69, 9.17) is 0 Å². The minimum absolute atomic E-state index is 0.0802. The molecule has 4 nitrogen and oxygen atoms in total. The fourth-order valence-electron chi connectivity index (χ4n) is 3.00. The summed E-state index contributed by atoms with van der Waals surface area (Å²) in [6, 6.07) is 7.95. The minimum Gasteiger partial charge on any atom is -0.354 e. The van der Waals surface area contributed by atoms with Crippen LogP contribution in [0.4, 0.5) is 0 Å². The van der Waals surface area contributed by atoms with Gasteiger partial charge in [-0.1, -0.05) is 35.9 Å². The Hall–Kier alpha value is -2.10. The lowest BCUT2D eigenvalue weighted by Crippen LogP contribution is -2.39. The van der Waals surface area contributed by atoms with Crippen molar-refractivity contribution >= 4 is 11.8 Å². The van der Waals surface area contributed by atoms with Crippen LogP contribution < -0.4 is 5.32 Å². The van der Waals surface area contributed by atoms with Crippen LogP contribution in [-0.2, 0) is 16.1 Å². The molecule has 0 heterocycles. The van der Waals surface area contributed by atoms with Gasteiger partial charge in [0.2, 0.25) is 11.8 Å². The first-order valence-corrected chi connectivity index (χ1v) is 8.81. The topological polar surface area (TPSA) is 49.4 Å². The highest BCUT2D eigenvalue weighted by molar-refractivity contribution is 5.83. The molecule has 0 spiro atoms. The molecule has 0 fully saturated rings. The molecule has 1 aromatic carbocycles. The fourth-order valence-corrected chi connectivity index (χ4v) is 3.00. The first kappa shape index (κ1) is 18.2. The maximum absolute atomic E-state index is 12.2. The Morgan fingerprint density at radius 1 is 1.21 bits per heavy atom. The van der Waals surface area contributed by atoms with Crippen molar-refractivity contribution in [3.05, 3.63) is 47.0 Å². The molecule has 0 atom stereocenters. The van der Waals surface area contributed by atoms with Crippen LogP contribution in [0.15, 0.2) is 35.9 Å². The quantitative estimate of drug-likeness (QED) is 0.780. The number of amides is 2. The molecule has 1 aromatic rings. The number of carbonyl (C=O) groups is 2. The Balaban J connectivity index is 1.81. The van der Waals surface area contributed by atoms with Crippen LogP contribution in [0, 0.1) is 6.92 Å². The van der Waals surface area contributed by atoms with Gasteiger partial charge in [-0.2, -0.15) is 0 Å². The van der Waals surface area contributed by atoms with E-state index < -0.39 is 0 Å². The number of benzene rings is 1. The third kappa shape index (κ3) is 5.84. The zero-order valence-corrected chi connectivity index (χ0v) is 14.8. The second kappa shape index (κ2) is 9.26. The average Bonchev–Trinajstić information content (AvgIpc) is 2.57. The SMILES string of the molecule is CC(=O)N(CC(=O)NCCC1=CCCCC1)Cc1ccccc1C. The van der Waals surface area contributed by atoms with Gasteiger partial charge >= 0.3 is 0 Å². The Kier molecular flexibility index (Phi) is 7.04. The summed E-state index contributed by atoms with van der Waals surface area (Å²) in [7, 11) is 0. The van der Waals surface area contributed by atoms with Crippen LogP contribution in [0.3, 0.4) is 0 Å². The van der Waals surface area contributed by atoms with Gasteiger partial charge in [-0.05, 0) is 50.2 Å². The average molecular weight is 328 g/mol. The van der Waals surface area contributed by atoms with E-state index in [0.29, 0.717) is 13.1 Å². The molecule has 0 unspecified atom stereocenters. The summed E-state index contributed by atoms with van der Waals surface area (Å²) >= 11 is 0. The van der Waals surface area contributed by atoms with Crippen molar-refractivity contribution < 1.29 is 9.59 Å². The molecule has 4 heteroatoms. The van der Waals surface area contributed by atoms with Gasteiger partial charge in [-0.15, -0.1) is 0 Å². The molecule has 24 heavy (non-hydrogen) atoms. The van der Waals surface area contributed by atoms with Crippen molar-refractivity contribution in [3.63, 3.8) is 0 Å². The van der Waals surface area contributed by atoms with E-state index >= 15 is 0 Å². The standard InChI is InChI=1S/C20H28N2O2/c1-16-8-6-7-11-19(16)14-22(17(2)23)15-20(24)21-13-12-18-9-4-3-5-10-18/h6-9,11H,3-5,10,12-15H2,1-2H3,(H,21,24). The molecule has 0 saturated carbocycles. The van der Waals surface area contributed by atoms with E-state index in [9.17, 15) is 9.59 Å². The van der Waals surface area contributed by atoms with E-state index in [2.05, 4.69) is 11.4 Å². The number of allylic oxidation sites excluding steroid dienone is 1. The molecule has 0 saturated heterocycles. The molecular formula is C20H28N2O2. The lowest BCUT2D eigenvalue weighted by Gasteiger charge is -2.22. The number of hydrogen-bond donors (Lipinski definition) is 1. The summed E-state index contributed by atoms with van der Waals surface area (Å²) in [5.74, 6) is -0.168. The third-order valence-electron chi connectivity index (χ3n) is 4.56. The van der Waals surface area contributed by atoms with Gasteiger partial charge in [0, 0.05) is 20.0 Å². The molecular weight excluding hydrogens is 300 g/mol. The zero-order valence-electron chi connectivity index (χ0n) is 14.8. The van der Waals surface area contributed by atoms with Gasteiger partial charge in [0.25, 0.3) is 0 Å². The van der Waals surface area contributed by atoms with Gasteiger partial charge in [0.1, 0.15) is 0 Å². The van der Waals surface area contributed by atoms with Crippen LogP contribution in [0.1, 0.15) is 50.2 Å². The van der Waals surface area contributed by atoms with Crippen LogP contribution in [0.5, 0.6) is 0 Å². The van der Waals surface area contributed by atoms with Crippen LogP contribution >= 0.6 is 0 Å². The molecule has 2 amide bonds. The summed E-state index contributed by atoms with van der Waals surface area (Å²) in [5, 5.41) is 2.94. The summed E-state index contributed by atoms with van der Waals surface area (Å²) in [6.45, 7) is 4.77. The molecule has 1 aliphatic rings. The maximum atomic E-state index is 12.2. The number of hydrogen-bond acceptors (Lipinski definition) is 2. The van der Waals surface area contributed by atoms with Gasteiger partial charge in [0.05, 0.1) is 6.54 Å². The van der Waals surface area contributed by atoms with E-state index in [0.717, 1.165) is 30.4 Å². The van der Waals surface area contributed by atoms with Gasteiger partial charge in [-0.25, -0.2) is 0 Å². The molecule has 130 valence electrons. The van der Waals surface area contributed by atoms with Crippen molar-refractivity contribution in [1.82, 2.24) is 10.2 Å². The molecule has 0 aromatic heterocycles. The van der Waals surface area contributed by atoms with Crippen molar-refractivity contribution in [2.45, 2.75) is 52.5 Å². The Morgan fingerprint density at radius 2 is 2.00 bits per heavy atom. The predicted molar refractivity (Wildman–Crippen MR) is 96.4 cm³/mol. The smallest absolute Gasteiger partial charge is 0.239 e. The number of nitrogens with one attached hydrogen (secondary N) is 1. The largest absolute Gasteiger partial charge is 0.354 e. The lowest BCUT2D eigenvalue weighted by molar-refractivity contribution is -0.134. The second-order valence-corrected chi connectivity index (χ2v) is 6.51. The van der Waals surface area contributed by atoms with E-state index in [1.165, 1.54) is 25.3 Å². The number of aryl methyl sites for hydroxylation is 1. The molecule has 0 bridgehead atoms.